The van der Waals surface area contributed by atoms with Crippen molar-refractivity contribution in [2.45, 2.75) is 31.2 Å². The summed E-state index contributed by atoms with van der Waals surface area (Å²) < 4.78 is 0. The summed E-state index contributed by atoms with van der Waals surface area (Å²) in [6.07, 6.45) is 6.78. The average molecular weight is 264 g/mol. The third-order valence-corrected chi connectivity index (χ3v) is 3.47. The molecule has 1 heterocycles. The van der Waals surface area contributed by atoms with E-state index in [9.17, 15) is 4.79 Å². The maximum absolute atomic E-state index is 12.2. The summed E-state index contributed by atoms with van der Waals surface area (Å²) in [4.78, 5) is 14.1. The molecule has 1 amide bonds. The molecule has 0 aromatic heterocycles. The van der Waals surface area contributed by atoms with E-state index in [1.807, 2.05) is 41.3 Å². The van der Waals surface area contributed by atoms with E-state index >= 15 is 0 Å². The first-order valence-electron chi connectivity index (χ1n) is 6.39. The van der Waals surface area contributed by atoms with Gasteiger partial charge in [0.1, 0.15) is 5.38 Å². The molecule has 2 nitrogen and oxygen atoms in total. The monoisotopic (exact) mass is 263 g/mol. The normalized spacial score (nSPS) is 23.1. The van der Waals surface area contributed by atoms with E-state index < -0.39 is 5.38 Å². The lowest BCUT2D eigenvalue weighted by Crippen LogP contribution is -2.36. The zero-order valence-corrected chi connectivity index (χ0v) is 11.1. The predicted octanol–water partition coefficient (Wildman–Crippen LogP) is 3.36. The molecule has 3 heteroatoms. The van der Waals surface area contributed by atoms with Crippen LogP contribution in [0.2, 0.25) is 0 Å². The van der Waals surface area contributed by atoms with Crippen LogP contribution >= 0.6 is 11.6 Å². The van der Waals surface area contributed by atoms with Crippen molar-refractivity contribution in [3.63, 3.8) is 0 Å². The fourth-order valence-corrected chi connectivity index (χ4v) is 2.34. The molecule has 0 saturated heterocycles. The second-order valence-electron chi connectivity index (χ2n) is 4.56. The van der Waals surface area contributed by atoms with Gasteiger partial charge in [0.15, 0.2) is 0 Å². The van der Waals surface area contributed by atoms with E-state index in [0.717, 1.165) is 24.9 Å². The van der Waals surface area contributed by atoms with Gasteiger partial charge in [-0.05, 0) is 24.8 Å². The first-order valence-corrected chi connectivity index (χ1v) is 6.83. The van der Waals surface area contributed by atoms with Gasteiger partial charge in [-0.15, -0.1) is 11.6 Å². The summed E-state index contributed by atoms with van der Waals surface area (Å²) in [5.41, 5.74) is 1.15. The zero-order chi connectivity index (χ0) is 12.8. The summed E-state index contributed by atoms with van der Waals surface area (Å²) in [5, 5.41) is -0.428. The molecule has 0 spiro atoms. The van der Waals surface area contributed by atoms with Crippen molar-refractivity contribution in [1.29, 1.82) is 0 Å². The number of hydrogen-bond donors (Lipinski definition) is 0. The first kappa shape index (κ1) is 13.2. The van der Waals surface area contributed by atoms with Crippen LogP contribution in [0.4, 0.5) is 0 Å². The molecule has 1 aliphatic heterocycles. The Hall–Kier alpha value is -1.28. The second-order valence-corrected chi connectivity index (χ2v) is 5.09. The molecule has 18 heavy (non-hydrogen) atoms. The molecule has 2 rings (SSSR count). The third kappa shape index (κ3) is 3.61. The lowest BCUT2D eigenvalue weighted by atomic mass is 10.2. The molecular weight excluding hydrogens is 246 g/mol. The van der Waals surface area contributed by atoms with Gasteiger partial charge >= 0.3 is 0 Å². The molecule has 96 valence electrons. The Morgan fingerprint density at radius 2 is 2.00 bits per heavy atom. The summed E-state index contributed by atoms with van der Waals surface area (Å²) in [7, 11) is 0. The Bertz CT molecular complexity index is 416. The Morgan fingerprint density at radius 1 is 1.22 bits per heavy atom. The van der Waals surface area contributed by atoms with E-state index in [1.165, 1.54) is 0 Å². The number of nitrogens with zero attached hydrogens (tertiary/aromatic N) is 1. The van der Waals surface area contributed by atoms with Crippen LogP contribution in [0, 0.1) is 0 Å². The molecule has 1 atom stereocenters. The standard InChI is InChI=1S/C15H18ClNO/c16-14-10-6-1-2-7-11-17(15(14)18)12-13-8-4-3-5-9-13/h1,3-6,8-9,14H,2,7,10-12H2/b6-1+/t14-/m0/s1. The highest BCUT2D eigenvalue weighted by Crippen LogP contribution is 2.15. The molecule has 0 unspecified atom stereocenters. The van der Waals surface area contributed by atoms with Gasteiger partial charge in [-0.3, -0.25) is 4.79 Å². The predicted molar refractivity (Wildman–Crippen MR) is 74.5 cm³/mol. The highest BCUT2D eigenvalue weighted by atomic mass is 35.5. The number of rotatable bonds is 2. The largest absolute Gasteiger partial charge is 0.337 e. The lowest BCUT2D eigenvalue weighted by molar-refractivity contribution is -0.131. The van der Waals surface area contributed by atoms with E-state index in [2.05, 4.69) is 6.08 Å². The molecule has 0 N–H and O–H groups in total. The number of allylic oxidation sites excluding steroid dienone is 2. The second kappa shape index (κ2) is 6.60. The Morgan fingerprint density at radius 3 is 2.78 bits per heavy atom. The van der Waals surface area contributed by atoms with Crippen LogP contribution < -0.4 is 0 Å². The number of carbonyl (C=O) groups excluding carboxylic acids is 1. The van der Waals surface area contributed by atoms with Gasteiger partial charge in [-0.1, -0.05) is 42.5 Å². The van der Waals surface area contributed by atoms with E-state index in [4.69, 9.17) is 11.6 Å². The molecule has 0 fully saturated rings. The van der Waals surface area contributed by atoms with E-state index in [-0.39, 0.29) is 5.91 Å². The first-order chi connectivity index (χ1) is 8.77. The van der Waals surface area contributed by atoms with E-state index in [1.54, 1.807) is 0 Å². The fraction of sp³-hybridized carbons (Fsp3) is 0.400. The quantitative estimate of drug-likeness (QED) is 0.592. The van der Waals surface area contributed by atoms with Crippen LogP contribution in [-0.2, 0) is 11.3 Å². The molecule has 0 aliphatic carbocycles. The van der Waals surface area contributed by atoms with Crippen molar-refractivity contribution in [2.75, 3.05) is 6.54 Å². The minimum absolute atomic E-state index is 0.0482. The Balaban J connectivity index is 2.07. The molecule has 0 bridgehead atoms. The van der Waals surface area contributed by atoms with Gasteiger partial charge in [0.05, 0.1) is 0 Å². The Labute approximate surface area is 113 Å². The number of alkyl halides is 1. The summed E-state index contributed by atoms with van der Waals surface area (Å²) in [6, 6.07) is 10.1. The SMILES string of the molecule is O=C1[C@@H](Cl)C/C=C/CCCN1Cc1ccccc1. The Kier molecular flexibility index (Phi) is 4.82. The van der Waals surface area contributed by atoms with Crippen molar-refractivity contribution in [2.24, 2.45) is 0 Å². The zero-order valence-electron chi connectivity index (χ0n) is 10.4. The highest BCUT2D eigenvalue weighted by molar-refractivity contribution is 6.30. The number of halogens is 1. The minimum Gasteiger partial charge on any atom is -0.337 e. The molecule has 0 radical (unpaired) electrons. The molecular formula is C15H18ClNO. The number of amides is 1. The van der Waals surface area contributed by atoms with Gasteiger partial charge in [-0.25, -0.2) is 0 Å². The van der Waals surface area contributed by atoms with Crippen molar-refractivity contribution in [3.8, 4) is 0 Å². The topological polar surface area (TPSA) is 20.3 Å². The van der Waals surface area contributed by atoms with Gasteiger partial charge in [0.25, 0.3) is 0 Å². The van der Waals surface area contributed by atoms with Crippen molar-refractivity contribution < 1.29 is 4.79 Å². The third-order valence-electron chi connectivity index (χ3n) is 3.10. The number of carbonyl (C=O) groups is 1. The van der Waals surface area contributed by atoms with Crippen LogP contribution in [0.3, 0.4) is 0 Å². The van der Waals surface area contributed by atoms with Crippen LogP contribution in [0.1, 0.15) is 24.8 Å². The highest BCUT2D eigenvalue weighted by Gasteiger charge is 2.21. The van der Waals surface area contributed by atoms with Gasteiger partial charge in [0.2, 0.25) is 5.91 Å². The van der Waals surface area contributed by atoms with Crippen molar-refractivity contribution in [1.82, 2.24) is 4.90 Å². The average Bonchev–Trinajstić information content (AvgIpc) is 2.47. The van der Waals surface area contributed by atoms with Gasteiger partial charge < -0.3 is 4.90 Å². The van der Waals surface area contributed by atoms with Crippen LogP contribution in [0.15, 0.2) is 42.5 Å². The maximum Gasteiger partial charge on any atom is 0.241 e. The van der Waals surface area contributed by atoms with Crippen LogP contribution in [-0.4, -0.2) is 22.7 Å². The summed E-state index contributed by atoms with van der Waals surface area (Å²) in [6.45, 7) is 1.43. The van der Waals surface area contributed by atoms with Crippen LogP contribution in [0.25, 0.3) is 0 Å². The van der Waals surface area contributed by atoms with Crippen molar-refractivity contribution >= 4 is 17.5 Å². The molecule has 1 aliphatic rings. The molecule has 0 saturated carbocycles. The molecule has 1 aromatic carbocycles. The fourth-order valence-electron chi connectivity index (χ4n) is 2.10. The minimum atomic E-state index is -0.428. The summed E-state index contributed by atoms with van der Waals surface area (Å²) in [5.74, 6) is 0.0482. The molecule has 1 aromatic rings. The number of hydrogen-bond acceptors (Lipinski definition) is 1. The number of benzene rings is 1. The van der Waals surface area contributed by atoms with Crippen molar-refractivity contribution in [3.05, 3.63) is 48.0 Å². The van der Waals surface area contributed by atoms with E-state index in [0.29, 0.717) is 13.0 Å². The van der Waals surface area contributed by atoms with Gasteiger partial charge in [-0.2, -0.15) is 0 Å². The van der Waals surface area contributed by atoms with Crippen LogP contribution in [0.5, 0.6) is 0 Å². The summed E-state index contributed by atoms with van der Waals surface area (Å²) >= 11 is 6.14. The maximum atomic E-state index is 12.2. The lowest BCUT2D eigenvalue weighted by Gasteiger charge is -2.24. The van der Waals surface area contributed by atoms with Gasteiger partial charge in [0, 0.05) is 13.1 Å². The smallest absolute Gasteiger partial charge is 0.241 e.